The van der Waals surface area contributed by atoms with Gasteiger partial charge in [0.2, 0.25) is 0 Å². The van der Waals surface area contributed by atoms with Gasteiger partial charge in [-0.2, -0.15) is 8.42 Å². The molecular formula is C15H15N3O4S. The molecule has 0 aliphatic rings. The van der Waals surface area contributed by atoms with Crippen LogP contribution in [0, 0.1) is 13.8 Å². The number of H-pyrrole nitrogens is 2. The number of benzene rings is 1. The van der Waals surface area contributed by atoms with Gasteiger partial charge in [-0.1, -0.05) is 0 Å². The molecule has 8 heteroatoms. The Balaban J connectivity index is 2.19. The van der Waals surface area contributed by atoms with E-state index < -0.39 is 10.1 Å². The molecule has 0 saturated heterocycles. The number of carbonyl (C=O) groups is 1. The average molecular weight is 333 g/mol. The van der Waals surface area contributed by atoms with Crippen LogP contribution >= 0.6 is 0 Å². The number of aromatic nitrogens is 3. The van der Waals surface area contributed by atoms with Crippen LogP contribution in [0.15, 0.2) is 23.1 Å². The van der Waals surface area contributed by atoms with Gasteiger partial charge in [0, 0.05) is 11.3 Å². The molecule has 0 fully saturated rings. The van der Waals surface area contributed by atoms with Crippen LogP contribution in [-0.2, 0) is 10.1 Å². The number of hydrogen-bond acceptors (Lipinski definition) is 4. The Morgan fingerprint density at radius 1 is 1.22 bits per heavy atom. The van der Waals surface area contributed by atoms with Gasteiger partial charge in [0.25, 0.3) is 10.1 Å². The molecule has 3 aromatic rings. The van der Waals surface area contributed by atoms with E-state index >= 15 is 0 Å². The second kappa shape index (κ2) is 5.04. The summed E-state index contributed by atoms with van der Waals surface area (Å²) in [4.78, 5) is 22.1. The minimum absolute atomic E-state index is 0.0349. The third-order valence-corrected chi connectivity index (χ3v) is 4.63. The Kier molecular flexibility index (Phi) is 3.38. The van der Waals surface area contributed by atoms with E-state index in [9.17, 15) is 13.2 Å². The lowest BCUT2D eigenvalue weighted by molar-refractivity contribution is 0.101. The minimum Gasteiger partial charge on any atom is -0.355 e. The lowest BCUT2D eigenvalue weighted by atomic mass is 10.1. The molecule has 0 atom stereocenters. The van der Waals surface area contributed by atoms with Crippen molar-refractivity contribution in [2.24, 2.45) is 0 Å². The predicted molar refractivity (Wildman–Crippen MR) is 85.2 cm³/mol. The van der Waals surface area contributed by atoms with Gasteiger partial charge in [0.15, 0.2) is 11.6 Å². The molecule has 23 heavy (non-hydrogen) atoms. The first-order valence-corrected chi connectivity index (χ1v) is 8.30. The molecule has 0 aliphatic heterocycles. The van der Waals surface area contributed by atoms with E-state index in [0.29, 0.717) is 28.1 Å². The largest absolute Gasteiger partial charge is 0.355 e. The summed E-state index contributed by atoms with van der Waals surface area (Å²) < 4.78 is 31.5. The highest BCUT2D eigenvalue weighted by Gasteiger charge is 2.19. The number of rotatable bonds is 3. The van der Waals surface area contributed by atoms with E-state index in [1.807, 2.05) is 13.8 Å². The SMILES string of the molecule is CC(=O)c1c(C)[nH]c(-c2nc3ccc(S(=O)(=O)O)cc3[nH]2)c1C. The van der Waals surface area contributed by atoms with Crippen LogP contribution in [0.1, 0.15) is 28.5 Å². The number of ketones is 1. The van der Waals surface area contributed by atoms with Crippen molar-refractivity contribution in [3.8, 4) is 11.5 Å². The number of carbonyl (C=O) groups excluding carboxylic acids is 1. The number of nitrogens with one attached hydrogen (secondary N) is 2. The fraction of sp³-hybridized carbons (Fsp3) is 0.200. The summed E-state index contributed by atoms with van der Waals surface area (Å²) in [7, 11) is -4.27. The average Bonchev–Trinajstić information content (AvgIpc) is 2.97. The second-order valence-electron chi connectivity index (χ2n) is 5.42. The second-order valence-corrected chi connectivity index (χ2v) is 6.84. The highest BCUT2D eigenvalue weighted by Crippen LogP contribution is 2.28. The van der Waals surface area contributed by atoms with Crippen molar-refractivity contribution >= 4 is 26.9 Å². The fourth-order valence-corrected chi connectivity index (χ4v) is 3.29. The van der Waals surface area contributed by atoms with E-state index in [0.717, 1.165) is 11.3 Å². The number of imidazole rings is 1. The quantitative estimate of drug-likeness (QED) is 0.503. The molecule has 0 unspecified atom stereocenters. The number of fused-ring (bicyclic) bond motifs is 1. The number of hydrogen-bond donors (Lipinski definition) is 3. The van der Waals surface area contributed by atoms with Crippen LogP contribution in [0.4, 0.5) is 0 Å². The third kappa shape index (κ3) is 2.55. The van der Waals surface area contributed by atoms with Crippen molar-refractivity contribution < 1.29 is 17.8 Å². The highest BCUT2D eigenvalue weighted by atomic mass is 32.2. The molecule has 2 heterocycles. The number of nitrogens with zero attached hydrogens (tertiary/aromatic N) is 1. The van der Waals surface area contributed by atoms with E-state index in [2.05, 4.69) is 15.0 Å². The topological polar surface area (TPSA) is 116 Å². The van der Waals surface area contributed by atoms with Crippen molar-refractivity contribution in [2.45, 2.75) is 25.7 Å². The monoisotopic (exact) mass is 333 g/mol. The molecule has 0 radical (unpaired) electrons. The van der Waals surface area contributed by atoms with Gasteiger partial charge in [-0.05, 0) is 44.5 Å². The molecule has 2 aromatic heterocycles. The lowest BCUT2D eigenvalue weighted by Crippen LogP contribution is -1.97. The van der Waals surface area contributed by atoms with Gasteiger partial charge < -0.3 is 9.97 Å². The normalized spacial score (nSPS) is 12.0. The Morgan fingerprint density at radius 3 is 2.48 bits per heavy atom. The molecule has 0 saturated carbocycles. The summed E-state index contributed by atoms with van der Waals surface area (Å²) in [6, 6.07) is 4.11. The molecule has 120 valence electrons. The van der Waals surface area contributed by atoms with Gasteiger partial charge >= 0.3 is 0 Å². The maximum absolute atomic E-state index is 11.7. The summed E-state index contributed by atoms with van der Waals surface area (Å²) >= 11 is 0. The van der Waals surface area contributed by atoms with Crippen LogP contribution in [0.3, 0.4) is 0 Å². The van der Waals surface area contributed by atoms with Crippen molar-refractivity contribution in [3.05, 3.63) is 35.0 Å². The predicted octanol–water partition coefficient (Wildman–Crippen LogP) is 2.62. The molecular weight excluding hydrogens is 318 g/mol. The van der Waals surface area contributed by atoms with Crippen LogP contribution in [0.2, 0.25) is 0 Å². The molecule has 3 rings (SSSR count). The zero-order valence-corrected chi connectivity index (χ0v) is 13.6. The fourth-order valence-electron chi connectivity index (χ4n) is 2.78. The molecule has 3 N–H and O–H groups in total. The maximum Gasteiger partial charge on any atom is 0.294 e. The summed E-state index contributed by atoms with van der Waals surface area (Å²) in [5, 5.41) is 0. The standard InChI is InChI=1S/C15H15N3O4S/c1-7-13(9(3)19)8(2)16-14(7)15-17-11-5-4-10(23(20,21)22)6-12(11)18-15/h4-6,16H,1-3H3,(H,17,18)(H,20,21,22). The molecule has 0 amide bonds. The van der Waals surface area contributed by atoms with Crippen LogP contribution < -0.4 is 0 Å². The lowest BCUT2D eigenvalue weighted by Gasteiger charge is -1.96. The van der Waals surface area contributed by atoms with Crippen LogP contribution in [0.5, 0.6) is 0 Å². The first-order chi connectivity index (χ1) is 10.7. The number of Topliss-reactive ketones (excluding diaryl/α,β-unsaturated/α-hetero) is 1. The molecule has 1 aromatic carbocycles. The number of aryl methyl sites for hydroxylation is 1. The zero-order valence-electron chi connectivity index (χ0n) is 12.8. The number of aromatic amines is 2. The Hall–Kier alpha value is -2.45. The summed E-state index contributed by atoms with van der Waals surface area (Å²) in [5.41, 5.74) is 3.87. The van der Waals surface area contributed by atoms with Crippen molar-refractivity contribution in [1.82, 2.24) is 15.0 Å². The Bertz CT molecular complexity index is 1040. The van der Waals surface area contributed by atoms with Gasteiger partial charge in [0.1, 0.15) is 0 Å². The van der Waals surface area contributed by atoms with E-state index in [1.165, 1.54) is 25.1 Å². The molecule has 0 bridgehead atoms. The zero-order chi connectivity index (χ0) is 16.9. The van der Waals surface area contributed by atoms with E-state index in [4.69, 9.17) is 4.55 Å². The summed E-state index contributed by atoms with van der Waals surface area (Å²) in [5.74, 6) is 0.466. The maximum atomic E-state index is 11.7. The Labute approximate surface area is 132 Å². The van der Waals surface area contributed by atoms with E-state index in [-0.39, 0.29) is 10.7 Å². The van der Waals surface area contributed by atoms with Crippen molar-refractivity contribution in [1.29, 1.82) is 0 Å². The smallest absolute Gasteiger partial charge is 0.294 e. The van der Waals surface area contributed by atoms with E-state index in [1.54, 1.807) is 0 Å². The van der Waals surface area contributed by atoms with Crippen molar-refractivity contribution in [2.75, 3.05) is 0 Å². The van der Waals surface area contributed by atoms with Gasteiger partial charge in [-0.3, -0.25) is 9.35 Å². The van der Waals surface area contributed by atoms with Gasteiger partial charge in [0.05, 0.1) is 21.6 Å². The highest BCUT2D eigenvalue weighted by molar-refractivity contribution is 7.85. The summed E-state index contributed by atoms with van der Waals surface area (Å²) in [6.45, 7) is 5.14. The Morgan fingerprint density at radius 2 is 1.91 bits per heavy atom. The van der Waals surface area contributed by atoms with Gasteiger partial charge in [-0.25, -0.2) is 4.98 Å². The molecule has 0 aliphatic carbocycles. The first-order valence-electron chi connectivity index (χ1n) is 6.86. The van der Waals surface area contributed by atoms with Crippen molar-refractivity contribution in [3.63, 3.8) is 0 Å². The summed E-state index contributed by atoms with van der Waals surface area (Å²) in [6.07, 6.45) is 0. The molecule has 7 nitrogen and oxygen atoms in total. The first kappa shape index (κ1) is 15.4. The van der Waals surface area contributed by atoms with Gasteiger partial charge in [-0.15, -0.1) is 0 Å². The van der Waals surface area contributed by atoms with Crippen LogP contribution in [-0.4, -0.2) is 33.7 Å². The van der Waals surface area contributed by atoms with Crippen LogP contribution in [0.25, 0.3) is 22.6 Å². The minimum atomic E-state index is -4.27. The third-order valence-electron chi connectivity index (χ3n) is 3.78. The molecule has 0 spiro atoms.